The Morgan fingerprint density at radius 1 is 1.30 bits per heavy atom. The molecule has 0 bridgehead atoms. The normalized spacial score (nSPS) is 26.3. The number of methoxy groups -OCH3 is 3. The Morgan fingerprint density at radius 2 is 2.04 bits per heavy atom. The molecule has 2 heterocycles. The Bertz CT molecular complexity index is 668. The fourth-order valence-electron chi connectivity index (χ4n) is 2.74. The van der Waals surface area contributed by atoms with Crippen LogP contribution in [0.2, 0.25) is 0 Å². The van der Waals surface area contributed by atoms with Gasteiger partial charge in [0.2, 0.25) is 0 Å². The number of carbonyl (C=O) groups excluding carboxylic acids is 2. The summed E-state index contributed by atoms with van der Waals surface area (Å²) in [6.45, 7) is 1.67. The molecule has 1 fully saturated rings. The molecule has 150 valence electrons. The van der Waals surface area contributed by atoms with Crippen LogP contribution < -0.4 is 10.1 Å². The fourth-order valence-corrected chi connectivity index (χ4v) is 2.74. The van der Waals surface area contributed by atoms with Gasteiger partial charge < -0.3 is 34.1 Å². The van der Waals surface area contributed by atoms with E-state index in [-0.39, 0.29) is 24.7 Å². The van der Waals surface area contributed by atoms with Crippen molar-refractivity contribution >= 4 is 11.9 Å². The quantitative estimate of drug-likeness (QED) is 0.669. The van der Waals surface area contributed by atoms with Crippen molar-refractivity contribution in [2.24, 2.45) is 0 Å². The monoisotopic (exact) mass is 384 g/mol. The molecule has 0 radical (unpaired) electrons. The Morgan fingerprint density at radius 3 is 2.67 bits per heavy atom. The molecule has 1 aromatic rings. The maximum Gasteiger partial charge on any atom is 0.331 e. The maximum absolute atomic E-state index is 12.5. The van der Waals surface area contributed by atoms with Gasteiger partial charge in [-0.15, -0.1) is 0 Å². The number of carbonyl (C=O) groups is 2. The number of esters is 1. The summed E-state index contributed by atoms with van der Waals surface area (Å²) in [6.07, 6.45) is -0.300. The van der Waals surface area contributed by atoms with Crippen molar-refractivity contribution in [1.29, 1.82) is 0 Å². The highest BCUT2D eigenvalue weighted by molar-refractivity contribution is 5.98. The van der Waals surface area contributed by atoms with Crippen molar-refractivity contribution in [3.05, 3.63) is 18.0 Å². The third kappa shape index (κ3) is 4.85. The maximum atomic E-state index is 12.5. The van der Waals surface area contributed by atoms with Gasteiger partial charge in [0.25, 0.3) is 5.91 Å². The van der Waals surface area contributed by atoms with Crippen LogP contribution in [0.1, 0.15) is 17.4 Å². The van der Waals surface area contributed by atoms with Crippen molar-refractivity contribution in [2.75, 3.05) is 34.5 Å². The molecule has 1 saturated heterocycles. The van der Waals surface area contributed by atoms with E-state index in [1.165, 1.54) is 33.6 Å². The van der Waals surface area contributed by atoms with Crippen LogP contribution in [0, 0.1) is 0 Å². The van der Waals surface area contributed by atoms with Crippen LogP contribution in [0.3, 0.4) is 0 Å². The molecule has 1 aliphatic heterocycles. The second-order valence-electron chi connectivity index (χ2n) is 5.89. The van der Waals surface area contributed by atoms with E-state index in [2.05, 4.69) is 10.3 Å². The Labute approximate surface area is 156 Å². The molecule has 10 nitrogen and oxygen atoms in total. The Hall–Kier alpha value is -2.43. The number of pyridine rings is 1. The molecule has 1 amide bonds. The molecule has 1 aromatic heterocycles. The molecule has 4 atom stereocenters. The van der Waals surface area contributed by atoms with Gasteiger partial charge in [-0.1, -0.05) is 0 Å². The van der Waals surface area contributed by atoms with Crippen molar-refractivity contribution in [3.63, 3.8) is 0 Å². The third-order valence-electron chi connectivity index (χ3n) is 4.18. The summed E-state index contributed by atoms with van der Waals surface area (Å²) in [5.74, 6) is -1.81. The van der Waals surface area contributed by atoms with E-state index in [1.54, 1.807) is 6.92 Å². The van der Waals surface area contributed by atoms with E-state index < -0.39 is 42.0 Å². The van der Waals surface area contributed by atoms with E-state index in [9.17, 15) is 14.7 Å². The molecule has 0 saturated carbocycles. The first-order valence-electron chi connectivity index (χ1n) is 8.29. The summed E-state index contributed by atoms with van der Waals surface area (Å²) in [5, 5.41) is 12.5. The lowest BCUT2D eigenvalue weighted by Gasteiger charge is -2.28. The fraction of sp³-hybridized carbons (Fsp3) is 0.588. The van der Waals surface area contributed by atoms with Gasteiger partial charge >= 0.3 is 5.97 Å². The number of hydrogen-bond acceptors (Lipinski definition) is 9. The molecule has 10 heteroatoms. The largest absolute Gasteiger partial charge is 0.503 e. The van der Waals surface area contributed by atoms with Gasteiger partial charge in [0.1, 0.15) is 18.3 Å². The predicted octanol–water partition coefficient (Wildman–Crippen LogP) is -0.114. The van der Waals surface area contributed by atoms with E-state index in [4.69, 9.17) is 23.7 Å². The number of aromatic nitrogens is 1. The van der Waals surface area contributed by atoms with Crippen LogP contribution in [0.15, 0.2) is 12.3 Å². The topological polar surface area (TPSA) is 125 Å². The van der Waals surface area contributed by atoms with Gasteiger partial charge in [0.15, 0.2) is 23.2 Å². The highest BCUT2D eigenvalue weighted by Crippen LogP contribution is 2.27. The Balaban J connectivity index is 2.16. The number of aromatic hydroxyl groups is 1. The predicted molar refractivity (Wildman–Crippen MR) is 91.7 cm³/mol. The number of nitrogens with one attached hydrogen (secondary N) is 1. The molecule has 2 rings (SSSR count). The average Bonchev–Trinajstić information content (AvgIpc) is 2.70. The molecule has 27 heavy (non-hydrogen) atoms. The summed E-state index contributed by atoms with van der Waals surface area (Å²) in [5.41, 5.74) is -0.278. The summed E-state index contributed by atoms with van der Waals surface area (Å²) in [7, 11) is 4.33. The van der Waals surface area contributed by atoms with Gasteiger partial charge in [-0.2, -0.15) is 0 Å². The van der Waals surface area contributed by atoms with Crippen molar-refractivity contribution in [3.8, 4) is 11.5 Å². The van der Waals surface area contributed by atoms with Crippen LogP contribution >= 0.6 is 0 Å². The standard InChI is InChI=1S/C17H24N2O8/c1-9-15(25-4)12(24-3)8-26-7-10(17(22)27-9)19-16(21)13-14(20)11(23-2)5-6-18-13/h5-6,9-10,12,15,20H,7-8H2,1-4H3,(H,19,21)/t9-,10-,12-,15-/m0/s1. The minimum absolute atomic E-state index is 0.0861. The van der Waals surface area contributed by atoms with Crippen LogP contribution in [0.25, 0.3) is 0 Å². The zero-order valence-electron chi connectivity index (χ0n) is 15.6. The highest BCUT2D eigenvalue weighted by Gasteiger charge is 2.35. The number of ether oxygens (including phenoxy) is 5. The smallest absolute Gasteiger partial charge is 0.331 e. The van der Waals surface area contributed by atoms with Crippen molar-refractivity contribution < 1.29 is 38.4 Å². The minimum Gasteiger partial charge on any atom is -0.503 e. The molecule has 0 spiro atoms. The van der Waals surface area contributed by atoms with Crippen LogP contribution in [-0.4, -0.2) is 80.9 Å². The van der Waals surface area contributed by atoms with Crippen molar-refractivity contribution in [1.82, 2.24) is 10.3 Å². The van der Waals surface area contributed by atoms with Gasteiger partial charge in [0.05, 0.1) is 20.3 Å². The molecule has 0 aromatic carbocycles. The first kappa shape index (κ1) is 20.9. The van der Waals surface area contributed by atoms with Gasteiger partial charge in [0, 0.05) is 26.5 Å². The second kappa shape index (κ2) is 9.49. The highest BCUT2D eigenvalue weighted by atomic mass is 16.6. The number of nitrogens with zero attached hydrogens (tertiary/aromatic N) is 1. The summed E-state index contributed by atoms with van der Waals surface area (Å²) in [4.78, 5) is 28.7. The van der Waals surface area contributed by atoms with E-state index in [0.717, 1.165) is 0 Å². The Kier molecular flexibility index (Phi) is 7.34. The SMILES string of the molecule is COc1ccnc(C(=O)N[C@H]2COC[C@H](OC)[C@@H](OC)[C@H](C)OC2=O)c1O. The number of cyclic esters (lactones) is 1. The zero-order valence-corrected chi connectivity index (χ0v) is 15.6. The van der Waals surface area contributed by atoms with Crippen LogP contribution in [0.5, 0.6) is 11.5 Å². The molecule has 1 aliphatic rings. The van der Waals surface area contributed by atoms with E-state index in [0.29, 0.717) is 0 Å². The van der Waals surface area contributed by atoms with Crippen LogP contribution in [0.4, 0.5) is 0 Å². The molecular formula is C17H24N2O8. The lowest BCUT2D eigenvalue weighted by Crippen LogP contribution is -2.46. The van der Waals surface area contributed by atoms with Gasteiger partial charge in [-0.05, 0) is 6.92 Å². The van der Waals surface area contributed by atoms with E-state index in [1.807, 2.05) is 0 Å². The second-order valence-corrected chi connectivity index (χ2v) is 5.89. The molecule has 0 aliphatic carbocycles. The first-order chi connectivity index (χ1) is 12.9. The number of rotatable bonds is 5. The number of amides is 1. The zero-order chi connectivity index (χ0) is 20.0. The minimum atomic E-state index is -1.10. The lowest BCUT2D eigenvalue weighted by molar-refractivity contribution is -0.162. The van der Waals surface area contributed by atoms with Gasteiger partial charge in [-0.25, -0.2) is 9.78 Å². The van der Waals surface area contributed by atoms with E-state index >= 15 is 0 Å². The number of hydrogen-bond donors (Lipinski definition) is 2. The van der Waals surface area contributed by atoms with Crippen molar-refractivity contribution in [2.45, 2.75) is 31.3 Å². The average molecular weight is 384 g/mol. The molecule has 2 N–H and O–H groups in total. The summed E-state index contributed by atoms with van der Waals surface area (Å²) < 4.78 is 26.5. The van der Waals surface area contributed by atoms with Gasteiger partial charge in [-0.3, -0.25) is 4.79 Å². The third-order valence-corrected chi connectivity index (χ3v) is 4.18. The lowest BCUT2D eigenvalue weighted by atomic mass is 10.1. The first-order valence-corrected chi connectivity index (χ1v) is 8.29. The summed E-state index contributed by atoms with van der Waals surface area (Å²) >= 11 is 0. The molecule has 0 unspecified atom stereocenters. The summed E-state index contributed by atoms with van der Waals surface area (Å²) in [6, 6.07) is 0.307. The van der Waals surface area contributed by atoms with Crippen LogP contribution in [-0.2, 0) is 23.7 Å². The molecular weight excluding hydrogens is 360 g/mol.